The van der Waals surface area contributed by atoms with Gasteiger partial charge in [-0.3, -0.25) is 4.40 Å². The van der Waals surface area contributed by atoms with Crippen molar-refractivity contribution >= 4 is 26.8 Å². The van der Waals surface area contributed by atoms with Crippen LogP contribution in [0.4, 0.5) is 13.2 Å². The van der Waals surface area contributed by atoms with Crippen LogP contribution >= 0.6 is 0 Å². The molecule has 0 aliphatic heterocycles. The lowest BCUT2D eigenvalue weighted by Gasteiger charge is -2.16. The molecule has 0 aromatic carbocycles. The summed E-state index contributed by atoms with van der Waals surface area (Å²) < 4.78 is 65.4. The van der Waals surface area contributed by atoms with Crippen molar-refractivity contribution in [2.45, 2.75) is 44.3 Å². The average molecular weight is 416 g/mol. The Kier molecular flexibility index (Phi) is 4.57. The van der Waals surface area contributed by atoms with E-state index in [2.05, 4.69) is 24.9 Å². The molecule has 2 N–H and O–H groups in total. The Morgan fingerprint density at radius 1 is 1.32 bits per heavy atom. The SMILES string of the molecule is CC[C@@H]1C[C@H](NS(=O)(=O)CC(F)(F)F)C[C@@H]1c1nnc2cnc3[nH]ccc3n12. The van der Waals surface area contributed by atoms with Crippen LogP contribution in [0.1, 0.15) is 37.9 Å². The lowest BCUT2D eigenvalue weighted by atomic mass is 9.93. The highest BCUT2D eigenvalue weighted by molar-refractivity contribution is 7.89. The van der Waals surface area contributed by atoms with Crippen molar-refractivity contribution in [1.29, 1.82) is 0 Å². The predicted molar refractivity (Wildman–Crippen MR) is 95.2 cm³/mol. The van der Waals surface area contributed by atoms with Crippen LogP contribution in [0.15, 0.2) is 18.5 Å². The summed E-state index contributed by atoms with van der Waals surface area (Å²) in [5.74, 6) is -1.25. The number of rotatable bonds is 5. The van der Waals surface area contributed by atoms with Gasteiger partial charge in [0, 0.05) is 18.2 Å². The molecule has 12 heteroatoms. The summed E-state index contributed by atoms with van der Waals surface area (Å²) in [4.78, 5) is 7.29. The monoisotopic (exact) mass is 416 g/mol. The number of aromatic amines is 1. The number of sulfonamides is 1. The molecule has 3 heterocycles. The second-order valence-electron chi connectivity index (χ2n) is 7.16. The van der Waals surface area contributed by atoms with Gasteiger partial charge < -0.3 is 4.98 Å². The Morgan fingerprint density at radius 2 is 2.11 bits per heavy atom. The summed E-state index contributed by atoms with van der Waals surface area (Å²) in [6.45, 7) is 1.97. The minimum Gasteiger partial charge on any atom is -0.345 e. The fraction of sp³-hybridized carbons (Fsp3) is 0.562. The molecule has 3 aromatic rings. The van der Waals surface area contributed by atoms with E-state index in [4.69, 9.17) is 0 Å². The first-order chi connectivity index (χ1) is 13.2. The molecule has 3 atom stereocenters. The average Bonchev–Trinajstić information content (AvgIpc) is 3.27. The highest BCUT2D eigenvalue weighted by Gasteiger charge is 2.41. The standard InChI is InChI=1S/C16H19F3N6O2S/c1-2-9-5-10(24-28(26,27)8-16(17,18)19)6-11(9)15-23-22-13-7-21-14-12(25(13)15)3-4-20-14/h3-4,7,9-11,20,24H,2,5-6,8H2,1H3/t9-,10+,11+/m1/s1. The Bertz CT molecular complexity index is 1110. The zero-order valence-corrected chi connectivity index (χ0v) is 15.8. The van der Waals surface area contributed by atoms with Gasteiger partial charge in [0.15, 0.2) is 17.0 Å². The largest absolute Gasteiger partial charge is 0.404 e. The Balaban J connectivity index is 1.64. The molecule has 0 unspecified atom stereocenters. The number of nitrogens with zero attached hydrogens (tertiary/aromatic N) is 4. The van der Waals surface area contributed by atoms with E-state index in [1.165, 1.54) is 0 Å². The van der Waals surface area contributed by atoms with Crippen LogP contribution in [0.3, 0.4) is 0 Å². The summed E-state index contributed by atoms with van der Waals surface area (Å²) in [7, 11) is -4.45. The third-order valence-corrected chi connectivity index (χ3v) is 6.62. The smallest absolute Gasteiger partial charge is 0.345 e. The van der Waals surface area contributed by atoms with Gasteiger partial charge in [-0.25, -0.2) is 18.1 Å². The molecule has 0 saturated heterocycles. The van der Waals surface area contributed by atoms with E-state index in [1.807, 2.05) is 17.4 Å². The van der Waals surface area contributed by atoms with Gasteiger partial charge >= 0.3 is 6.18 Å². The fourth-order valence-electron chi connectivity index (χ4n) is 4.14. The molecule has 28 heavy (non-hydrogen) atoms. The van der Waals surface area contributed by atoms with Crippen molar-refractivity contribution in [2.24, 2.45) is 5.92 Å². The number of H-pyrrole nitrogens is 1. The van der Waals surface area contributed by atoms with E-state index in [-0.39, 0.29) is 11.8 Å². The minimum atomic E-state index is -4.77. The van der Waals surface area contributed by atoms with Gasteiger partial charge in [0.1, 0.15) is 5.82 Å². The van der Waals surface area contributed by atoms with Crippen molar-refractivity contribution in [3.63, 3.8) is 0 Å². The number of hydrogen-bond donors (Lipinski definition) is 2. The topological polar surface area (TPSA) is 105 Å². The number of halogens is 3. The summed E-state index contributed by atoms with van der Waals surface area (Å²) >= 11 is 0. The van der Waals surface area contributed by atoms with Crippen molar-refractivity contribution < 1.29 is 21.6 Å². The van der Waals surface area contributed by atoms with E-state index in [1.54, 1.807) is 12.4 Å². The normalized spacial score (nSPS) is 23.8. The van der Waals surface area contributed by atoms with Gasteiger partial charge in [-0.1, -0.05) is 13.3 Å². The quantitative estimate of drug-likeness (QED) is 0.664. The van der Waals surface area contributed by atoms with Crippen molar-refractivity contribution in [3.8, 4) is 0 Å². The van der Waals surface area contributed by atoms with Crippen LogP contribution in [-0.4, -0.2) is 51.0 Å². The third kappa shape index (κ3) is 3.58. The number of nitrogens with one attached hydrogen (secondary N) is 2. The Hall–Kier alpha value is -2.21. The lowest BCUT2D eigenvalue weighted by Crippen LogP contribution is -2.39. The number of aromatic nitrogens is 5. The second kappa shape index (κ2) is 6.69. The zero-order chi connectivity index (χ0) is 20.1. The molecule has 0 bridgehead atoms. The van der Waals surface area contributed by atoms with Gasteiger partial charge in [0.2, 0.25) is 10.0 Å². The molecule has 152 valence electrons. The molecule has 0 amide bonds. The van der Waals surface area contributed by atoms with Crippen LogP contribution in [-0.2, 0) is 10.0 Å². The fourth-order valence-corrected chi connectivity index (χ4v) is 5.35. The van der Waals surface area contributed by atoms with E-state index in [0.717, 1.165) is 11.9 Å². The molecule has 1 aliphatic carbocycles. The molecule has 1 fully saturated rings. The molecule has 1 saturated carbocycles. The van der Waals surface area contributed by atoms with E-state index < -0.39 is 28.0 Å². The maximum atomic E-state index is 12.5. The summed E-state index contributed by atoms with van der Waals surface area (Å²) in [6.07, 6.45) is 0.136. The Morgan fingerprint density at radius 3 is 2.82 bits per heavy atom. The van der Waals surface area contributed by atoms with E-state index >= 15 is 0 Å². The number of fused-ring (bicyclic) bond motifs is 3. The molecule has 0 spiro atoms. The molecule has 3 aromatic heterocycles. The predicted octanol–water partition coefficient (Wildman–Crippen LogP) is 2.36. The molecule has 4 rings (SSSR count). The highest BCUT2D eigenvalue weighted by atomic mass is 32.2. The van der Waals surface area contributed by atoms with Crippen LogP contribution in [0.5, 0.6) is 0 Å². The third-order valence-electron chi connectivity index (χ3n) is 5.22. The van der Waals surface area contributed by atoms with Gasteiger partial charge in [-0.05, 0) is 24.8 Å². The second-order valence-corrected chi connectivity index (χ2v) is 8.91. The maximum absolute atomic E-state index is 12.5. The van der Waals surface area contributed by atoms with Gasteiger partial charge in [0.25, 0.3) is 0 Å². The van der Waals surface area contributed by atoms with Crippen molar-refractivity contribution in [3.05, 3.63) is 24.3 Å². The molecule has 0 radical (unpaired) electrons. The zero-order valence-electron chi connectivity index (χ0n) is 14.9. The summed E-state index contributed by atoms with van der Waals surface area (Å²) in [6, 6.07) is 1.28. The Labute approximate surface area is 158 Å². The van der Waals surface area contributed by atoms with Crippen LogP contribution in [0, 0.1) is 5.92 Å². The van der Waals surface area contributed by atoms with Crippen LogP contribution in [0.2, 0.25) is 0 Å². The van der Waals surface area contributed by atoms with E-state index in [9.17, 15) is 21.6 Å². The molecular weight excluding hydrogens is 397 g/mol. The lowest BCUT2D eigenvalue weighted by molar-refractivity contribution is -0.106. The highest BCUT2D eigenvalue weighted by Crippen LogP contribution is 2.41. The number of hydrogen-bond acceptors (Lipinski definition) is 5. The first-order valence-corrected chi connectivity index (χ1v) is 10.6. The van der Waals surface area contributed by atoms with E-state index in [0.29, 0.717) is 30.0 Å². The van der Waals surface area contributed by atoms with Crippen molar-refractivity contribution in [2.75, 3.05) is 5.75 Å². The molecule has 8 nitrogen and oxygen atoms in total. The maximum Gasteiger partial charge on any atom is 0.404 e. The first-order valence-electron chi connectivity index (χ1n) is 8.90. The summed E-state index contributed by atoms with van der Waals surface area (Å²) in [5.41, 5.74) is 2.04. The minimum absolute atomic E-state index is 0.0770. The molecular formula is C16H19F3N6O2S. The molecule has 1 aliphatic rings. The van der Waals surface area contributed by atoms with Crippen LogP contribution < -0.4 is 4.72 Å². The summed E-state index contributed by atoms with van der Waals surface area (Å²) in [5, 5.41) is 8.46. The number of alkyl halides is 3. The van der Waals surface area contributed by atoms with Gasteiger partial charge in [-0.2, -0.15) is 13.2 Å². The van der Waals surface area contributed by atoms with Gasteiger partial charge in [-0.15, -0.1) is 10.2 Å². The van der Waals surface area contributed by atoms with Gasteiger partial charge in [0.05, 0.1) is 11.7 Å². The van der Waals surface area contributed by atoms with Crippen molar-refractivity contribution in [1.82, 2.24) is 29.3 Å². The van der Waals surface area contributed by atoms with Crippen LogP contribution in [0.25, 0.3) is 16.8 Å². The first kappa shape index (κ1) is 19.1.